The molecule has 0 spiro atoms. The molecule has 0 unspecified atom stereocenters. The summed E-state index contributed by atoms with van der Waals surface area (Å²) < 4.78 is 1.16. The number of aromatic nitrogens is 1. The number of aromatic carboxylic acids is 1. The van der Waals surface area contributed by atoms with Gasteiger partial charge >= 0.3 is 5.97 Å². The smallest absolute Gasteiger partial charge is 0.337 e. The van der Waals surface area contributed by atoms with Gasteiger partial charge in [0.15, 0.2) is 0 Å². The van der Waals surface area contributed by atoms with Crippen LogP contribution in [-0.2, 0) is 6.42 Å². The lowest BCUT2D eigenvalue weighted by Gasteiger charge is -2.06. The largest absolute Gasteiger partial charge is 0.478 e. The van der Waals surface area contributed by atoms with Crippen LogP contribution in [0.4, 0.5) is 0 Å². The standard InChI is InChI=1S/C14H12INO2/c1-2-12-11(14(17)18)7-8-13(16-12)9-3-5-10(15)6-4-9/h3-8H,2H2,1H3,(H,17,18). The molecule has 2 rings (SSSR count). The summed E-state index contributed by atoms with van der Waals surface area (Å²) in [6.45, 7) is 1.91. The zero-order valence-electron chi connectivity index (χ0n) is 9.85. The van der Waals surface area contributed by atoms with E-state index in [9.17, 15) is 4.79 Å². The van der Waals surface area contributed by atoms with Gasteiger partial charge in [-0.3, -0.25) is 4.98 Å². The molecule has 1 heterocycles. The quantitative estimate of drug-likeness (QED) is 0.858. The maximum Gasteiger partial charge on any atom is 0.337 e. The molecule has 0 aliphatic rings. The molecule has 1 N–H and O–H groups in total. The Bertz CT molecular complexity index is 579. The molecular weight excluding hydrogens is 341 g/mol. The molecule has 3 nitrogen and oxygen atoms in total. The summed E-state index contributed by atoms with van der Waals surface area (Å²) >= 11 is 2.25. The van der Waals surface area contributed by atoms with Crippen molar-refractivity contribution in [3.63, 3.8) is 0 Å². The summed E-state index contributed by atoms with van der Waals surface area (Å²) in [5.74, 6) is -0.923. The van der Waals surface area contributed by atoms with Gasteiger partial charge in [-0.15, -0.1) is 0 Å². The molecule has 0 saturated heterocycles. The molecule has 4 heteroatoms. The molecule has 0 amide bonds. The average Bonchev–Trinajstić information content (AvgIpc) is 2.38. The number of halogens is 1. The lowest BCUT2D eigenvalue weighted by atomic mass is 10.1. The monoisotopic (exact) mass is 353 g/mol. The van der Waals surface area contributed by atoms with Crippen molar-refractivity contribution in [1.29, 1.82) is 0 Å². The Morgan fingerprint density at radius 1 is 1.22 bits per heavy atom. The third kappa shape index (κ3) is 2.69. The van der Waals surface area contributed by atoms with Crippen LogP contribution in [0.2, 0.25) is 0 Å². The Kier molecular flexibility index (Phi) is 3.96. The van der Waals surface area contributed by atoms with Crippen molar-refractivity contribution in [3.05, 3.63) is 51.2 Å². The second kappa shape index (κ2) is 5.48. The maximum absolute atomic E-state index is 11.0. The molecule has 18 heavy (non-hydrogen) atoms. The maximum atomic E-state index is 11.0. The zero-order valence-corrected chi connectivity index (χ0v) is 12.0. The van der Waals surface area contributed by atoms with Gasteiger partial charge in [0.2, 0.25) is 0 Å². The minimum absolute atomic E-state index is 0.284. The Hall–Kier alpha value is -1.43. The Balaban J connectivity index is 2.47. The van der Waals surface area contributed by atoms with Gasteiger partial charge in [-0.25, -0.2) is 4.79 Å². The summed E-state index contributed by atoms with van der Waals surface area (Å²) in [6, 6.07) is 11.4. The van der Waals surface area contributed by atoms with E-state index in [2.05, 4.69) is 27.6 Å². The lowest BCUT2D eigenvalue weighted by molar-refractivity contribution is 0.0695. The summed E-state index contributed by atoms with van der Waals surface area (Å²) in [5, 5.41) is 9.05. The normalized spacial score (nSPS) is 10.3. The number of hydrogen-bond acceptors (Lipinski definition) is 2. The SMILES string of the molecule is CCc1nc(-c2ccc(I)cc2)ccc1C(=O)O. The molecule has 92 valence electrons. The van der Waals surface area contributed by atoms with E-state index in [0.717, 1.165) is 14.8 Å². The number of carboxylic acids is 1. The summed E-state index contributed by atoms with van der Waals surface area (Å²) in [6.07, 6.45) is 0.611. The van der Waals surface area contributed by atoms with Crippen LogP contribution in [0.5, 0.6) is 0 Å². The molecule has 0 aliphatic heterocycles. The first-order valence-electron chi connectivity index (χ1n) is 5.61. The summed E-state index contributed by atoms with van der Waals surface area (Å²) in [7, 11) is 0. The number of pyridine rings is 1. The van der Waals surface area contributed by atoms with E-state index in [1.165, 1.54) is 0 Å². The van der Waals surface area contributed by atoms with Gasteiger partial charge in [0, 0.05) is 9.13 Å². The van der Waals surface area contributed by atoms with Crippen LogP contribution in [-0.4, -0.2) is 16.1 Å². The van der Waals surface area contributed by atoms with Crippen LogP contribution in [0.25, 0.3) is 11.3 Å². The van der Waals surface area contributed by atoms with Crippen LogP contribution >= 0.6 is 22.6 Å². The molecule has 0 bridgehead atoms. The van der Waals surface area contributed by atoms with Crippen molar-refractivity contribution in [2.75, 3.05) is 0 Å². The fourth-order valence-corrected chi connectivity index (χ4v) is 2.11. The van der Waals surface area contributed by atoms with Gasteiger partial charge in [-0.2, -0.15) is 0 Å². The van der Waals surface area contributed by atoms with Crippen molar-refractivity contribution in [3.8, 4) is 11.3 Å². The van der Waals surface area contributed by atoms with Gasteiger partial charge in [-0.05, 0) is 53.3 Å². The van der Waals surface area contributed by atoms with Gasteiger partial charge < -0.3 is 5.11 Å². The van der Waals surface area contributed by atoms with Gasteiger partial charge in [-0.1, -0.05) is 19.1 Å². The number of carboxylic acid groups (broad SMARTS) is 1. The molecular formula is C14H12INO2. The van der Waals surface area contributed by atoms with Crippen LogP contribution < -0.4 is 0 Å². The molecule has 1 aromatic carbocycles. The first-order chi connectivity index (χ1) is 8.61. The first kappa shape index (κ1) is 13.0. The van der Waals surface area contributed by atoms with Gasteiger partial charge in [0.1, 0.15) is 0 Å². The fourth-order valence-electron chi connectivity index (χ4n) is 1.75. The molecule has 0 saturated carbocycles. The Morgan fingerprint density at radius 2 is 1.89 bits per heavy atom. The van der Waals surface area contributed by atoms with E-state index in [4.69, 9.17) is 5.11 Å². The lowest BCUT2D eigenvalue weighted by Crippen LogP contribution is -2.04. The second-order valence-corrected chi connectivity index (χ2v) is 5.10. The summed E-state index contributed by atoms with van der Waals surface area (Å²) in [4.78, 5) is 15.5. The van der Waals surface area contributed by atoms with E-state index in [1.54, 1.807) is 12.1 Å². The minimum atomic E-state index is -0.923. The number of nitrogens with zero attached hydrogens (tertiary/aromatic N) is 1. The molecule has 0 fully saturated rings. The zero-order chi connectivity index (χ0) is 13.1. The minimum Gasteiger partial charge on any atom is -0.478 e. The van der Waals surface area contributed by atoms with Crippen LogP contribution in [0.15, 0.2) is 36.4 Å². The molecule has 1 aromatic heterocycles. The van der Waals surface area contributed by atoms with Crippen LogP contribution in [0, 0.1) is 3.57 Å². The predicted octanol–water partition coefficient (Wildman–Crippen LogP) is 3.61. The number of aryl methyl sites for hydroxylation is 1. The van der Waals surface area contributed by atoms with Crippen molar-refractivity contribution in [1.82, 2.24) is 4.98 Å². The molecule has 0 atom stereocenters. The number of hydrogen-bond donors (Lipinski definition) is 1. The van der Waals surface area contributed by atoms with Crippen LogP contribution in [0.3, 0.4) is 0 Å². The highest BCUT2D eigenvalue weighted by Crippen LogP contribution is 2.20. The van der Waals surface area contributed by atoms with Crippen molar-refractivity contribution in [2.45, 2.75) is 13.3 Å². The highest BCUT2D eigenvalue weighted by Gasteiger charge is 2.11. The third-order valence-corrected chi connectivity index (χ3v) is 3.40. The van der Waals surface area contributed by atoms with Crippen molar-refractivity contribution < 1.29 is 9.90 Å². The highest BCUT2D eigenvalue weighted by atomic mass is 127. The molecule has 0 aliphatic carbocycles. The van der Waals surface area contributed by atoms with E-state index in [1.807, 2.05) is 31.2 Å². The third-order valence-electron chi connectivity index (χ3n) is 2.68. The average molecular weight is 353 g/mol. The van der Waals surface area contributed by atoms with E-state index < -0.39 is 5.97 Å². The van der Waals surface area contributed by atoms with E-state index in [-0.39, 0.29) is 5.56 Å². The van der Waals surface area contributed by atoms with E-state index in [0.29, 0.717) is 12.1 Å². The number of benzene rings is 1. The highest BCUT2D eigenvalue weighted by molar-refractivity contribution is 14.1. The Morgan fingerprint density at radius 3 is 2.44 bits per heavy atom. The van der Waals surface area contributed by atoms with Gasteiger partial charge in [0.25, 0.3) is 0 Å². The number of carbonyl (C=O) groups is 1. The molecule has 0 radical (unpaired) electrons. The van der Waals surface area contributed by atoms with Crippen LogP contribution in [0.1, 0.15) is 23.0 Å². The first-order valence-corrected chi connectivity index (χ1v) is 6.69. The van der Waals surface area contributed by atoms with E-state index >= 15 is 0 Å². The topological polar surface area (TPSA) is 50.2 Å². The number of rotatable bonds is 3. The Labute approximate surface area is 119 Å². The predicted molar refractivity (Wildman–Crippen MR) is 78.7 cm³/mol. The second-order valence-electron chi connectivity index (χ2n) is 3.86. The van der Waals surface area contributed by atoms with Gasteiger partial charge in [0.05, 0.1) is 17.0 Å². The van der Waals surface area contributed by atoms with Crippen molar-refractivity contribution >= 4 is 28.6 Å². The fraction of sp³-hybridized carbons (Fsp3) is 0.143. The molecule has 2 aromatic rings. The summed E-state index contributed by atoms with van der Waals surface area (Å²) in [5.41, 5.74) is 2.72. The van der Waals surface area contributed by atoms with Crippen molar-refractivity contribution in [2.24, 2.45) is 0 Å².